The molecule has 0 saturated carbocycles. The molecule has 0 spiro atoms. The average molecular weight is 370 g/mol. The highest BCUT2D eigenvalue weighted by Gasteiger charge is 2.15. The highest BCUT2D eigenvalue weighted by Crippen LogP contribution is 2.27. The van der Waals surface area contributed by atoms with Crippen LogP contribution in [0, 0.1) is 17.0 Å². The lowest BCUT2D eigenvalue weighted by atomic mass is 10.2. The molecular formula is C16H22N2O8. The molecule has 10 heteroatoms. The highest BCUT2D eigenvalue weighted by molar-refractivity contribution is 6.27. The summed E-state index contributed by atoms with van der Waals surface area (Å²) in [5.41, 5.74) is 0.987. The minimum atomic E-state index is -1.82. The van der Waals surface area contributed by atoms with Crippen molar-refractivity contribution in [1.82, 2.24) is 4.90 Å². The van der Waals surface area contributed by atoms with Crippen molar-refractivity contribution in [3.05, 3.63) is 33.9 Å². The number of aryl methyl sites for hydroxylation is 1. The number of carboxylic acids is 2. The van der Waals surface area contributed by atoms with E-state index in [0.29, 0.717) is 12.4 Å². The van der Waals surface area contributed by atoms with E-state index in [1.54, 1.807) is 12.1 Å². The van der Waals surface area contributed by atoms with E-state index in [9.17, 15) is 10.1 Å². The molecule has 0 aromatic heterocycles. The second-order valence-electron chi connectivity index (χ2n) is 5.49. The van der Waals surface area contributed by atoms with E-state index in [0.717, 1.165) is 44.8 Å². The number of nitrogens with zero attached hydrogens (tertiary/aromatic N) is 2. The maximum absolute atomic E-state index is 10.9. The first-order chi connectivity index (χ1) is 12.3. The maximum atomic E-state index is 10.9. The fourth-order valence-electron chi connectivity index (χ4n) is 2.18. The maximum Gasteiger partial charge on any atom is 0.414 e. The molecule has 2 N–H and O–H groups in total. The largest absolute Gasteiger partial charge is 0.487 e. The van der Waals surface area contributed by atoms with Crippen LogP contribution in [0.4, 0.5) is 5.69 Å². The van der Waals surface area contributed by atoms with Gasteiger partial charge in [0.15, 0.2) is 5.75 Å². The van der Waals surface area contributed by atoms with Crippen molar-refractivity contribution in [1.29, 1.82) is 0 Å². The molecule has 0 bridgehead atoms. The molecule has 1 aliphatic heterocycles. The van der Waals surface area contributed by atoms with Crippen LogP contribution in [0.25, 0.3) is 0 Å². The van der Waals surface area contributed by atoms with Gasteiger partial charge in [-0.25, -0.2) is 9.59 Å². The number of carbonyl (C=O) groups is 2. The normalized spacial score (nSPS) is 14.0. The van der Waals surface area contributed by atoms with Crippen LogP contribution in [0.15, 0.2) is 18.2 Å². The Morgan fingerprint density at radius 2 is 1.88 bits per heavy atom. The highest BCUT2D eigenvalue weighted by atomic mass is 16.6. The lowest BCUT2D eigenvalue weighted by Gasteiger charge is -2.26. The number of morpholine rings is 1. The molecule has 10 nitrogen and oxygen atoms in total. The lowest BCUT2D eigenvalue weighted by Crippen LogP contribution is -2.37. The van der Waals surface area contributed by atoms with Crippen molar-refractivity contribution in [3.63, 3.8) is 0 Å². The first kappa shape index (κ1) is 21.3. The number of nitro benzene ring substituents is 1. The predicted molar refractivity (Wildman–Crippen MR) is 90.5 cm³/mol. The summed E-state index contributed by atoms with van der Waals surface area (Å²) in [6, 6.07) is 4.93. The molecule has 144 valence electrons. The molecule has 0 amide bonds. The van der Waals surface area contributed by atoms with Gasteiger partial charge in [-0.1, -0.05) is 6.07 Å². The molecule has 0 aliphatic carbocycles. The summed E-state index contributed by atoms with van der Waals surface area (Å²) in [7, 11) is 0. The van der Waals surface area contributed by atoms with E-state index in [4.69, 9.17) is 29.3 Å². The van der Waals surface area contributed by atoms with Crippen molar-refractivity contribution < 1.29 is 34.2 Å². The van der Waals surface area contributed by atoms with Gasteiger partial charge >= 0.3 is 17.6 Å². The molecule has 0 radical (unpaired) electrons. The molecule has 26 heavy (non-hydrogen) atoms. The second kappa shape index (κ2) is 11.0. The van der Waals surface area contributed by atoms with Crippen LogP contribution < -0.4 is 4.74 Å². The summed E-state index contributed by atoms with van der Waals surface area (Å²) >= 11 is 0. The van der Waals surface area contributed by atoms with E-state index >= 15 is 0 Å². The fourth-order valence-corrected chi connectivity index (χ4v) is 2.18. The molecule has 1 heterocycles. The summed E-state index contributed by atoms with van der Waals surface area (Å²) in [4.78, 5) is 31.0. The average Bonchev–Trinajstić information content (AvgIpc) is 2.60. The van der Waals surface area contributed by atoms with Crippen molar-refractivity contribution in [2.75, 3.05) is 39.5 Å². The van der Waals surface area contributed by atoms with Crippen molar-refractivity contribution in [2.24, 2.45) is 0 Å². The van der Waals surface area contributed by atoms with Gasteiger partial charge in [-0.15, -0.1) is 0 Å². The number of nitro groups is 1. The Kier molecular flexibility index (Phi) is 9.02. The van der Waals surface area contributed by atoms with E-state index in [1.807, 2.05) is 6.92 Å². The van der Waals surface area contributed by atoms with Crippen LogP contribution in [0.5, 0.6) is 5.75 Å². The molecule has 1 aliphatic rings. The van der Waals surface area contributed by atoms with Crippen LogP contribution in [-0.2, 0) is 14.3 Å². The first-order valence-corrected chi connectivity index (χ1v) is 7.95. The Morgan fingerprint density at radius 1 is 1.27 bits per heavy atom. The third kappa shape index (κ3) is 7.90. The number of hydrogen-bond donors (Lipinski definition) is 2. The van der Waals surface area contributed by atoms with Crippen molar-refractivity contribution in [2.45, 2.75) is 13.3 Å². The zero-order valence-corrected chi connectivity index (χ0v) is 14.4. The number of carboxylic acid groups (broad SMARTS) is 2. The molecule has 0 unspecified atom stereocenters. The van der Waals surface area contributed by atoms with Crippen LogP contribution in [-0.4, -0.2) is 71.4 Å². The first-order valence-electron chi connectivity index (χ1n) is 7.95. The van der Waals surface area contributed by atoms with Crippen LogP contribution in [0.2, 0.25) is 0 Å². The third-order valence-electron chi connectivity index (χ3n) is 3.47. The SMILES string of the molecule is Cc1ccc([N+](=O)[O-])c(OCCCN2CCOCC2)c1.O=C(O)C(=O)O. The van der Waals surface area contributed by atoms with Crippen molar-refractivity contribution in [3.8, 4) is 5.75 Å². The Hall–Kier alpha value is -2.72. The number of aliphatic carboxylic acids is 2. The van der Waals surface area contributed by atoms with Gasteiger partial charge in [0.2, 0.25) is 0 Å². The number of benzene rings is 1. The van der Waals surface area contributed by atoms with Crippen LogP contribution >= 0.6 is 0 Å². The zero-order valence-electron chi connectivity index (χ0n) is 14.4. The van der Waals surface area contributed by atoms with Gasteiger partial charge in [-0.3, -0.25) is 15.0 Å². The molecule has 1 aromatic carbocycles. The van der Waals surface area contributed by atoms with E-state index in [1.165, 1.54) is 6.07 Å². The standard InChI is InChI=1S/C14H20N2O4.C2H2O4/c1-12-3-4-13(16(17)18)14(11-12)20-8-2-5-15-6-9-19-10-7-15;3-1(4)2(5)6/h3-4,11H,2,5-10H2,1H3;(H,3,4)(H,5,6). The number of ether oxygens (including phenoxy) is 2. The van der Waals surface area contributed by atoms with Gasteiger partial charge in [-0.2, -0.15) is 0 Å². The fraction of sp³-hybridized carbons (Fsp3) is 0.500. The Bertz CT molecular complexity index is 617. The van der Waals surface area contributed by atoms with Crippen LogP contribution in [0.3, 0.4) is 0 Å². The minimum absolute atomic E-state index is 0.0296. The summed E-state index contributed by atoms with van der Waals surface area (Å²) in [6.45, 7) is 6.78. The minimum Gasteiger partial charge on any atom is -0.487 e. The van der Waals surface area contributed by atoms with E-state index in [-0.39, 0.29) is 5.69 Å². The summed E-state index contributed by atoms with van der Waals surface area (Å²) in [5.74, 6) is -3.29. The van der Waals surface area contributed by atoms with Gasteiger partial charge in [-0.05, 0) is 25.0 Å². The smallest absolute Gasteiger partial charge is 0.414 e. The quantitative estimate of drug-likeness (QED) is 0.327. The van der Waals surface area contributed by atoms with Crippen LogP contribution in [0.1, 0.15) is 12.0 Å². The molecule has 1 saturated heterocycles. The van der Waals surface area contributed by atoms with Gasteiger partial charge in [0.05, 0.1) is 24.7 Å². The molecular weight excluding hydrogens is 348 g/mol. The van der Waals surface area contributed by atoms with E-state index < -0.39 is 16.9 Å². The van der Waals surface area contributed by atoms with Gasteiger partial charge in [0, 0.05) is 25.7 Å². The Balaban J connectivity index is 0.000000487. The topological polar surface area (TPSA) is 139 Å². The monoisotopic (exact) mass is 370 g/mol. The second-order valence-corrected chi connectivity index (χ2v) is 5.49. The van der Waals surface area contributed by atoms with Gasteiger partial charge in [0.1, 0.15) is 0 Å². The predicted octanol–water partition coefficient (Wildman–Crippen LogP) is 1.16. The number of rotatable bonds is 6. The van der Waals surface area contributed by atoms with Gasteiger partial charge in [0.25, 0.3) is 0 Å². The summed E-state index contributed by atoms with van der Waals surface area (Å²) in [6.07, 6.45) is 0.852. The van der Waals surface area contributed by atoms with E-state index in [2.05, 4.69) is 4.90 Å². The summed E-state index contributed by atoms with van der Waals surface area (Å²) in [5, 5.41) is 25.7. The van der Waals surface area contributed by atoms with Gasteiger partial charge < -0.3 is 19.7 Å². The van der Waals surface area contributed by atoms with Crippen molar-refractivity contribution >= 4 is 17.6 Å². The third-order valence-corrected chi connectivity index (χ3v) is 3.47. The molecule has 0 atom stereocenters. The zero-order chi connectivity index (χ0) is 19.5. The Morgan fingerprint density at radius 3 is 2.42 bits per heavy atom. The molecule has 1 aromatic rings. The molecule has 2 rings (SSSR count). The Labute approximate surface area is 150 Å². The number of hydrogen-bond acceptors (Lipinski definition) is 7. The molecule has 1 fully saturated rings. The summed E-state index contributed by atoms with van der Waals surface area (Å²) < 4.78 is 10.9. The lowest BCUT2D eigenvalue weighted by molar-refractivity contribution is -0.385.